The van der Waals surface area contributed by atoms with Crippen LogP contribution in [0.4, 0.5) is 0 Å². The Morgan fingerprint density at radius 3 is 3.00 bits per heavy atom. The van der Waals surface area contributed by atoms with Crippen LogP contribution in [0.15, 0.2) is 0 Å². The zero-order valence-electron chi connectivity index (χ0n) is 8.43. The largest absolute Gasteiger partial charge is 0.468 e. The second-order valence-corrected chi connectivity index (χ2v) is 2.93. The minimum atomic E-state index is -0.338. The van der Waals surface area contributed by atoms with Gasteiger partial charge in [0.15, 0.2) is 5.82 Å². The number of hydrogen-bond donors (Lipinski definition) is 0. The van der Waals surface area contributed by atoms with Gasteiger partial charge >= 0.3 is 5.97 Å². The first kappa shape index (κ1) is 10.6. The predicted molar refractivity (Wildman–Crippen MR) is 48.4 cm³/mol. The molecule has 1 aromatic rings. The number of rotatable bonds is 5. The second kappa shape index (κ2) is 5.31. The van der Waals surface area contributed by atoms with Crippen LogP contribution in [-0.2, 0) is 22.5 Å². The minimum absolute atomic E-state index is 0.0859. The van der Waals surface area contributed by atoms with Crippen molar-refractivity contribution in [1.29, 1.82) is 0 Å². The molecule has 0 saturated carbocycles. The highest BCUT2D eigenvalue weighted by molar-refractivity contribution is 5.68. The summed E-state index contributed by atoms with van der Waals surface area (Å²) in [6, 6.07) is 0. The molecular weight excluding hydrogens is 184 g/mol. The van der Waals surface area contributed by atoms with E-state index in [-0.39, 0.29) is 12.5 Å². The first-order valence-corrected chi connectivity index (χ1v) is 4.59. The van der Waals surface area contributed by atoms with Crippen molar-refractivity contribution in [3.05, 3.63) is 5.82 Å². The quantitative estimate of drug-likeness (QED) is 0.631. The maximum Gasteiger partial charge on any atom is 0.327 e. The first-order valence-electron chi connectivity index (χ1n) is 4.59. The number of nitrogens with zero attached hydrogens (tertiary/aromatic N) is 4. The number of ether oxygens (including phenoxy) is 1. The normalized spacial score (nSPS) is 10.1. The molecule has 0 aliphatic rings. The molecule has 0 N–H and O–H groups in total. The van der Waals surface area contributed by atoms with Gasteiger partial charge in [-0.3, -0.25) is 4.79 Å². The molecule has 1 rings (SSSR count). The van der Waals surface area contributed by atoms with Gasteiger partial charge in [-0.1, -0.05) is 13.3 Å². The Hall–Kier alpha value is -1.46. The SMILES string of the molecule is CCCCc1nnnn1CC(=O)OC. The third-order valence-corrected chi connectivity index (χ3v) is 1.87. The highest BCUT2D eigenvalue weighted by Crippen LogP contribution is 1.99. The molecule has 0 atom stereocenters. The monoisotopic (exact) mass is 198 g/mol. The zero-order valence-corrected chi connectivity index (χ0v) is 8.43. The Labute approximate surface area is 82.2 Å². The number of carbonyl (C=O) groups excluding carboxylic acids is 1. The smallest absolute Gasteiger partial charge is 0.327 e. The molecule has 0 aliphatic carbocycles. The van der Waals surface area contributed by atoms with Crippen LogP contribution in [0.3, 0.4) is 0 Å². The Balaban J connectivity index is 2.57. The molecule has 0 aromatic carbocycles. The van der Waals surface area contributed by atoms with Crippen LogP contribution in [0.5, 0.6) is 0 Å². The standard InChI is InChI=1S/C8H14N4O2/c1-3-4-5-7-9-10-11-12(7)6-8(13)14-2/h3-6H2,1-2H3. The lowest BCUT2D eigenvalue weighted by molar-refractivity contribution is -0.141. The molecular formula is C8H14N4O2. The molecule has 0 radical (unpaired) electrons. The molecule has 0 aliphatic heterocycles. The Bertz CT molecular complexity index is 297. The maximum absolute atomic E-state index is 11.0. The van der Waals surface area contributed by atoms with Crippen LogP contribution in [0.25, 0.3) is 0 Å². The van der Waals surface area contributed by atoms with Crippen LogP contribution in [0.2, 0.25) is 0 Å². The summed E-state index contributed by atoms with van der Waals surface area (Å²) < 4.78 is 6.00. The van der Waals surface area contributed by atoms with E-state index in [4.69, 9.17) is 0 Å². The van der Waals surface area contributed by atoms with E-state index >= 15 is 0 Å². The fraction of sp³-hybridized carbons (Fsp3) is 0.750. The number of tetrazole rings is 1. The topological polar surface area (TPSA) is 69.9 Å². The third-order valence-electron chi connectivity index (χ3n) is 1.87. The molecule has 14 heavy (non-hydrogen) atoms. The van der Waals surface area contributed by atoms with Crippen molar-refractivity contribution >= 4 is 5.97 Å². The van der Waals surface area contributed by atoms with Gasteiger partial charge in [-0.25, -0.2) is 4.68 Å². The van der Waals surface area contributed by atoms with Crippen LogP contribution < -0.4 is 0 Å². The Kier molecular flexibility index (Phi) is 4.03. The van der Waals surface area contributed by atoms with Crippen LogP contribution in [0.1, 0.15) is 25.6 Å². The van der Waals surface area contributed by atoms with Crippen molar-refractivity contribution in [2.24, 2.45) is 0 Å². The van der Waals surface area contributed by atoms with Crippen molar-refractivity contribution in [1.82, 2.24) is 20.2 Å². The predicted octanol–water partition coefficient (Wildman–Crippen LogP) is 0.189. The second-order valence-electron chi connectivity index (χ2n) is 2.93. The van der Waals surface area contributed by atoms with E-state index in [9.17, 15) is 4.79 Å². The van der Waals surface area contributed by atoms with E-state index in [1.54, 1.807) is 0 Å². The van der Waals surface area contributed by atoms with Gasteiger partial charge in [0.05, 0.1) is 7.11 Å². The van der Waals surface area contributed by atoms with Crippen molar-refractivity contribution in [3.63, 3.8) is 0 Å². The number of methoxy groups -OCH3 is 1. The van der Waals surface area contributed by atoms with Crippen LogP contribution in [-0.4, -0.2) is 33.3 Å². The van der Waals surface area contributed by atoms with Gasteiger partial charge in [0.1, 0.15) is 6.54 Å². The van der Waals surface area contributed by atoms with E-state index in [2.05, 4.69) is 27.2 Å². The average Bonchev–Trinajstić information content (AvgIpc) is 2.62. The summed E-state index contributed by atoms with van der Waals surface area (Å²) in [5.41, 5.74) is 0. The molecule has 0 saturated heterocycles. The number of aromatic nitrogens is 4. The lowest BCUT2D eigenvalue weighted by atomic mass is 10.2. The summed E-state index contributed by atoms with van der Waals surface area (Å²) >= 11 is 0. The summed E-state index contributed by atoms with van der Waals surface area (Å²) in [4.78, 5) is 11.0. The van der Waals surface area contributed by atoms with Crippen molar-refractivity contribution in [3.8, 4) is 0 Å². The van der Waals surface area contributed by atoms with Gasteiger partial charge in [0, 0.05) is 6.42 Å². The number of carbonyl (C=O) groups is 1. The lowest BCUT2D eigenvalue weighted by Gasteiger charge is -2.01. The molecule has 0 bridgehead atoms. The molecule has 0 fully saturated rings. The summed E-state index contributed by atoms with van der Waals surface area (Å²) in [5, 5.41) is 11.1. The Morgan fingerprint density at radius 1 is 1.57 bits per heavy atom. The molecule has 6 nitrogen and oxygen atoms in total. The molecule has 6 heteroatoms. The molecule has 78 valence electrons. The van der Waals surface area contributed by atoms with Gasteiger partial charge in [-0.15, -0.1) is 5.10 Å². The molecule has 0 amide bonds. The van der Waals surface area contributed by atoms with Crippen LogP contribution >= 0.6 is 0 Å². The van der Waals surface area contributed by atoms with E-state index in [0.717, 1.165) is 25.1 Å². The molecule has 0 spiro atoms. The average molecular weight is 198 g/mol. The maximum atomic E-state index is 11.0. The van der Waals surface area contributed by atoms with E-state index in [1.807, 2.05) is 0 Å². The van der Waals surface area contributed by atoms with Crippen LogP contribution in [0, 0.1) is 0 Å². The number of aryl methyl sites for hydroxylation is 1. The minimum Gasteiger partial charge on any atom is -0.468 e. The van der Waals surface area contributed by atoms with Gasteiger partial charge in [0.2, 0.25) is 0 Å². The molecule has 1 heterocycles. The van der Waals surface area contributed by atoms with Crippen molar-refractivity contribution < 1.29 is 9.53 Å². The van der Waals surface area contributed by atoms with E-state index in [1.165, 1.54) is 11.8 Å². The lowest BCUT2D eigenvalue weighted by Crippen LogP contribution is -2.15. The van der Waals surface area contributed by atoms with E-state index < -0.39 is 0 Å². The fourth-order valence-corrected chi connectivity index (χ4v) is 1.05. The summed E-state index contributed by atoms with van der Waals surface area (Å²) in [7, 11) is 1.35. The Morgan fingerprint density at radius 2 is 2.36 bits per heavy atom. The third kappa shape index (κ3) is 2.79. The van der Waals surface area contributed by atoms with Crippen molar-refractivity contribution in [2.45, 2.75) is 32.7 Å². The van der Waals surface area contributed by atoms with Crippen molar-refractivity contribution in [2.75, 3.05) is 7.11 Å². The zero-order chi connectivity index (χ0) is 10.4. The van der Waals surface area contributed by atoms with E-state index in [0.29, 0.717) is 0 Å². The van der Waals surface area contributed by atoms with Gasteiger partial charge in [-0.2, -0.15) is 0 Å². The summed E-state index contributed by atoms with van der Waals surface area (Å²) in [6.07, 6.45) is 2.88. The number of hydrogen-bond acceptors (Lipinski definition) is 5. The van der Waals surface area contributed by atoms with Gasteiger partial charge in [-0.05, 0) is 16.8 Å². The highest BCUT2D eigenvalue weighted by atomic mass is 16.5. The number of esters is 1. The first-order chi connectivity index (χ1) is 6.77. The summed E-state index contributed by atoms with van der Waals surface area (Å²) in [5.74, 6) is 0.396. The fourth-order valence-electron chi connectivity index (χ4n) is 1.05. The number of unbranched alkanes of at least 4 members (excludes halogenated alkanes) is 1. The molecule has 0 unspecified atom stereocenters. The summed E-state index contributed by atoms with van der Waals surface area (Å²) in [6.45, 7) is 2.18. The molecule has 1 aromatic heterocycles. The van der Waals surface area contributed by atoms with Gasteiger partial charge < -0.3 is 4.74 Å². The highest BCUT2D eigenvalue weighted by Gasteiger charge is 2.09. The van der Waals surface area contributed by atoms with Gasteiger partial charge in [0.25, 0.3) is 0 Å².